The van der Waals surface area contributed by atoms with Crippen molar-refractivity contribution in [2.45, 2.75) is 166 Å². The second-order valence-electron chi connectivity index (χ2n) is 24.8. The maximum atomic E-state index is 7.72. The van der Waals surface area contributed by atoms with Crippen LogP contribution in [0.3, 0.4) is 0 Å². The smallest absolute Gasteiger partial charge is 0.201 e. The molecule has 5 nitrogen and oxygen atoms in total. The third-order valence-electron chi connectivity index (χ3n) is 18.3. The van der Waals surface area contributed by atoms with Crippen molar-refractivity contribution < 1.29 is 43.4 Å². The lowest BCUT2D eigenvalue weighted by Crippen LogP contribution is -2.36. The summed E-state index contributed by atoms with van der Waals surface area (Å²) in [5.41, 5.74) is 33.5. The van der Waals surface area contributed by atoms with E-state index >= 15 is 0 Å². The zero-order valence-corrected chi connectivity index (χ0v) is 57.9. The number of hydrogen-bond donors (Lipinski definition) is 0. The summed E-state index contributed by atoms with van der Waals surface area (Å²) in [6.45, 7) is 27.8. The van der Waals surface area contributed by atoms with Crippen LogP contribution in [0.4, 0.5) is 0 Å². The van der Waals surface area contributed by atoms with Crippen molar-refractivity contribution in [3.8, 4) is 56.3 Å². The molecule has 0 aliphatic carbocycles. The molecular formula is C84H108N5+5. The minimum Gasteiger partial charge on any atom is -0.201 e. The highest BCUT2D eigenvalue weighted by Gasteiger charge is 2.22. The molecule has 464 valence electrons. The van der Waals surface area contributed by atoms with Crippen LogP contribution in [0.2, 0.25) is 0 Å². The van der Waals surface area contributed by atoms with Crippen LogP contribution in [0.5, 0.6) is 0 Å². The Morgan fingerprint density at radius 1 is 0.236 bits per heavy atom. The summed E-state index contributed by atoms with van der Waals surface area (Å²) in [5.74, 6) is 0. The van der Waals surface area contributed by atoms with Gasteiger partial charge in [-0.25, -0.2) is 9.13 Å². The van der Waals surface area contributed by atoms with Crippen molar-refractivity contribution in [3.05, 3.63) is 262 Å². The molecule has 0 fully saturated rings. The largest absolute Gasteiger partial charge is 0.213 e. The summed E-state index contributed by atoms with van der Waals surface area (Å²) in [4.78, 5) is 0. The van der Waals surface area contributed by atoms with Gasteiger partial charge in [0.2, 0.25) is 28.5 Å². The lowest BCUT2D eigenvalue weighted by Gasteiger charge is -2.11. The van der Waals surface area contributed by atoms with E-state index in [9.17, 15) is 0 Å². The van der Waals surface area contributed by atoms with E-state index in [2.05, 4.69) is 166 Å². The van der Waals surface area contributed by atoms with Crippen molar-refractivity contribution in [1.82, 2.24) is 0 Å². The van der Waals surface area contributed by atoms with Crippen molar-refractivity contribution in [2.75, 3.05) is 0 Å². The fourth-order valence-corrected chi connectivity index (χ4v) is 11.3. The van der Waals surface area contributed by atoms with Gasteiger partial charge in [0.15, 0.2) is 29.5 Å². The lowest BCUT2D eigenvalue weighted by molar-refractivity contribution is -0.667. The first-order valence-corrected chi connectivity index (χ1v) is 30.6. The number of hydrogen-bond acceptors (Lipinski definition) is 0. The highest BCUT2D eigenvalue weighted by atomic mass is 15.0. The first kappa shape index (κ1) is 50.7. The number of benzene rings is 5. The predicted octanol–water partition coefficient (Wildman–Crippen LogP) is 18.3. The van der Waals surface area contributed by atoms with Crippen LogP contribution >= 0.6 is 0 Å². The summed E-state index contributed by atoms with van der Waals surface area (Å²) in [6, 6.07) is 38.3. The van der Waals surface area contributed by atoms with Gasteiger partial charge in [-0.05, 0) is 253 Å². The van der Waals surface area contributed by atoms with Crippen molar-refractivity contribution >= 4 is 0 Å². The van der Waals surface area contributed by atoms with E-state index in [0.29, 0.717) is 50.2 Å². The molecule has 0 N–H and O–H groups in total. The van der Waals surface area contributed by atoms with Gasteiger partial charge in [-0.2, -0.15) is 13.7 Å². The highest BCUT2D eigenvalue weighted by Crippen LogP contribution is 2.30. The van der Waals surface area contributed by atoms with E-state index in [1.807, 2.05) is 81.3 Å². The minimum absolute atomic E-state index is 0.305. The second-order valence-corrected chi connectivity index (χ2v) is 24.8. The molecule has 0 saturated carbocycles. The van der Waals surface area contributed by atoms with Gasteiger partial charge in [0, 0.05) is 127 Å². The normalized spacial score (nSPS) is 14.0. The fourth-order valence-electron chi connectivity index (χ4n) is 11.3. The van der Waals surface area contributed by atoms with Crippen LogP contribution in [0.1, 0.15) is 154 Å². The van der Waals surface area contributed by atoms with E-state index in [4.69, 9.17) is 20.6 Å². The topological polar surface area (TPSA) is 19.4 Å². The van der Waals surface area contributed by atoms with Crippen LogP contribution in [0, 0.1) is 166 Å². The Morgan fingerprint density at radius 2 is 0.607 bits per heavy atom. The second kappa shape index (κ2) is 29.4. The molecule has 0 atom stereocenters. The van der Waals surface area contributed by atoms with Crippen LogP contribution in [0.25, 0.3) is 56.3 Å². The fraction of sp³-hybridized carbons (Fsp3) is 0.345. The molecule has 0 radical (unpaired) electrons. The number of aryl methyl sites for hydroxylation is 18. The third kappa shape index (κ3) is 16.0. The van der Waals surface area contributed by atoms with E-state index in [0.717, 1.165) is 56.2 Å². The Hall–Kier alpha value is -8.15. The molecule has 5 heterocycles. The summed E-state index contributed by atoms with van der Waals surface area (Å²) in [5, 5.41) is 0. The first-order valence-electron chi connectivity index (χ1n) is 38.1. The highest BCUT2D eigenvalue weighted by molar-refractivity contribution is 5.67. The molecule has 5 aromatic carbocycles. The monoisotopic (exact) mass is 1200 g/mol. The maximum Gasteiger partial charge on any atom is 0.213 e. The molecule has 0 unspecified atom stereocenters. The Kier molecular flexibility index (Phi) is 16.8. The van der Waals surface area contributed by atoms with Crippen LogP contribution < -0.4 is 22.8 Å². The Morgan fingerprint density at radius 3 is 1.07 bits per heavy atom. The van der Waals surface area contributed by atoms with Crippen molar-refractivity contribution in [3.63, 3.8) is 0 Å². The molecule has 5 heteroatoms. The van der Waals surface area contributed by atoms with Gasteiger partial charge < -0.3 is 0 Å². The number of nitrogens with zero attached hydrogens (tertiary/aromatic N) is 5. The molecule has 0 saturated heterocycles. The van der Waals surface area contributed by atoms with E-state index in [1.165, 1.54) is 83.8 Å². The molecule has 10 aromatic rings. The summed E-state index contributed by atoms with van der Waals surface area (Å²) < 4.78 is 125. The average Bonchev–Trinajstić information content (AvgIpc) is 0.767. The van der Waals surface area contributed by atoms with E-state index in [1.54, 1.807) is 69.8 Å². The Balaban J connectivity index is 0.000000205. The molecule has 0 aliphatic heterocycles. The molecule has 10 rings (SSSR count). The molecular weight excluding hydrogens is 1080 g/mol. The quantitative estimate of drug-likeness (QED) is 0.153. The molecule has 0 bridgehead atoms. The standard InChI is InChI=1S/4C17H22N.C16H20N/c1-11-7-14(4)16(8-12(11)2)17-9-13(3)15(5)10-18(17)6;2*1-11-7-8-16(13(3)9-11)17-10-12(2)14(4)15(5)18(17)6;1-11-8-7-9-16(14(11)4)17-10-12(2)13(3)15(5)18(17)6;1-11-7-6-8-15(14(11)4)16-9-12(2)13(3)10-17(16)5/h4*7-10H,1-6H3;6-10H,1-5H3/q5*+1/i1D3,5D3;1D3,4D3;;3D3;. The SMILES string of the molecule is Cc1cc(-c2cccc(C)c2C)[n+](C)cc1C.Cc1ccc(-c2cc(C)c(C)c(C)[n+]2C)c(C)c1.[2H]C([2H])([2H])c1c(C)cc(-c2cccc(C)c2C)[n+](C)c1C.[2H]C([2H])([2H])c1cc(C)c(-c2cc(C)c(C([2H])([2H])[2H])c[n+]2C)cc1C.[2H]C([2H])([2H])c1ccc(-c2cc(C)c(C([2H])([2H])[2H])c(C)[n+]2C)c(C)c1. The summed E-state index contributed by atoms with van der Waals surface area (Å²) in [6.07, 6.45) is 3.83. The maximum absolute atomic E-state index is 7.72. The van der Waals surface area contributed by atoms with Crippen molar-refractivity contribution in [2.24, 2.45) is 35.2 Å². The summed E-state index contributed by atoms with van der Waals surface area (Å²) in [7, 11) is 9.83. The Bertz CT molecular complexity index is 4800. The Labute approximate surface area is 560 Å². The summed E-state index contributed by atoms with van der Waals surface area (Å²) >= 11 is 0. The molecule has 0 amide bonds. The number of rotatable bonds is 5. The predicted molar refractivity (Wildman–Crippen MR) is 379 cm³/mol. The molecule has 0 spiro atoms. The number of aromatic nitrogens is 5. The minimum atomic E-state index is -2.16. The molecule has 5 aromatic heterocycles. The molecule has 89 heavy (non-hydrogen) atoms. The number of pyridine rings is 5. The van der Waals surface area contributed by atoms with E-state index < -0.39 is 34.3 Å². The molecule has 0 aliphatic rings. The first-order chi connectivity index (χ1) is 47.7. The van der Waals surface area contributed by atoms with Crippen LogP contribution in [0.15, 0.2) is 128 Å². The average molecular weight is 1200 g/mol. The zero-order valence-electron chi connectivity index (χ0n) is 72.9. The van der Waals surface area contributed by atoms with Crippen molar-refractivity contribution in [1.29, 1.82) is 0 Å². The van der Waals surface area contributed by atoms with E-state index in [-0.39, 0.29) is 0 Å². The van der Waals surface area contributed by atoms with Gasteiger partial charge in [0.1, 0.15) is 35.2 Å². The van der Waals surface area contributed by atoms with Gasteiger partial charge in [0.25, 0.3) is 0 Å². The van der Waals surface area contributed by atoms with Gasteiger partial charge in [-0.3, -0.25) is 0 Å². The zero-order chi connectivity index (χ0) is 78.9. The lowest BCUT2D eigenvalue weighted by atomic mass is 9.97. The van der Waals surface area contributed by atoms with Crippen LogP contribution in [-0.2, 0) is 35.2 Å². The van der Waals surface area contributed by atoms with Gasteiger partial charge in [-0.1, -0.05) is 65.7 Å². The van der Waals surface area contributed by atoms with Gasteiger partial charge in [-0.15, -0.1) is 0 Å². The van der Waals surface area contributed by atoms with Crippen LogP contribution in [-0.4, -0.2) is 0 Å². The third-order valence-corrected chi connectivity index (χ3v) is 18.3. The van der Waals surface area contributed by atoms with Gasteiger partial charge in [0.05, 0.1) is 0 Å². The van der Waals surface area contributed by atoms with Gasteiger partial charge >= 0.3 is 0 Å².